The maximum Gasteiger partial charge on any atom is 0.305 e. The first-order valence-electron chi connectivity index (χ1n) is 13.3. The van der Waals surface area contributed by atoms with Gasteiger partial charge in [0.25, 0.3) is 5.91 Å². The molecule has 2 aromatic carbocycles. The largest absolute Gasteiger partial charge is 0.491 e. The van der Waals surface area contributed by atoms with E-state index in [4.69, 9.17) is 19.0 Å². The zero-order chi connectivity index (χ0) is 27.5. The SMILES string of the molecule is CCCCCC(C)C(Nc1ccc(C(=O)NCCC(=O)O)cc1)c1oc2ccc(OCCOC)cc2c1C. The third kappa shape index (κ3) is 7.99. The van der Waals surface area contributed by atoms with E-state index < -0.39 is 5.97 Å². The Bertz CT molecular complexity index is 1190. The Hall–Kier alpha value is -3.52. The minimum absolute atomic E-state index is 0.0626. The lowest BCUT2D eigenvalue weighted by atomic mass is 9.91. The van der Waals surface area contributed by atoms with Crippen molar-refractivity contribution in [3.05, 3.63) is 59.4 Å². The number of carbonyl (C=O) groups excluding carboxylic acids is 1. The molecule has 0 aliphatic rings. The van der Waals surface area contributed by atoms with Crippen LogP contribution in [0, 0.1) is 12.8 Å². The molecule has 206 valence electrons. The van der Waals surface area contributed by atoms with E-state index in [1.807, 2.05) is 30.3 Å². The first kappa shape index (κ1) is 29.0. The number of nitrogens with one attached hydrogen (secondary N) is 2. The van der Waals surface area contributed by atoms with E-state index >= 15 is 0 Å². The summed E-state index contributed by atoms with van der Waals surface area (Å²) in [5.74, 6) is 0.743. The molecule has 1 heterocycles. The summed E-state index contributed by atoms with van der Waals surface area (Å²) in [4.78, 5) is 23.0. The summed E-state index contributed by atoms with van der Waals surface area (Å²) < 4.78 is 17.3. The van der Waals surface area contributed by atoms with Gasteiger partial charge in [-0.05, 0) is 61.7 Å². The van der Waals surface area contributed by atoms with E-state index in [9.17, 15) is 9.59 Å². The summed E-state index contributed by atoms with van der Waals surface area (Å²) >= 11 is 0. The number of aryl methyl sites for hydroxylation is 1. The van der Waals surface area contributed by atoms with Crippen LogP contribution in [0.5, 0.6) is 5.75 Å². The van der Waals surface area contributed by atoms with Crippen LogP contribution in [0.4, 0.5) is 5.69 Å². The zero-order valence-electron chi connectivity index (χ0n) is 22.8. The summed E-state index contributed by atoms with van der Waals surface area (Å²) in [6, 6.07) is 13.0. The first-order chi connectivity index (χ1) is 18.3. The Morgan fingerprint density at radius 3 is 2.53 bits per heavy atom. The molecule has 0 saturated carbocycles. The fourth-order valence-corrected chi connectivity index (χ4v) is 4.48. The number of anilines is 1. The van der Waals surface area contributed by atoms with Gasteiger partial charge in [0.15, 0.2) is 0 Å². The molecule has 0 aliphatic carbocycles. The number of hydrogen-bond acceptors (Lipinski definition) is 6. The lowest BCUT2D eigenvalue weighted by molar-refractivity contribution is -0.136. The minimum Gasteiger partial charge on any atom is -0.491 e. The molecule has 8 heteroatoms. The monoisotopic (exact) mass is 524 g/mol. The average Bonchev–Trinajstić information content (AvgIpc) is 3.23. The maximum atomic E-state index is 12.3. The molecule has 38 heavy (non-hydrogen) atoms. The Kier molecular flexibility index (Phi) is 11.0. The molecule has 0 radical (unpaired) electrons. The quantitative estimate of drug-likeness (QED) is 0.188. The highest BCUT2D eigenvalue weighted by Gasteiger charge is 2.26. The van der Waals surface area contributed by atoms with Crippen molar-refractivity contribution in [3.63, 3.8) is 0 Å². The fourth-order valence-electron chi connectivity index (χ4n) is 4.48. The molecule has 3 N–H and O–H groups in total. The Labute approximate surface area is 224 Å². The van der Waals surface area contributed by atoms with Gasteiger partial charge in [0.05, 0.1) is 19.1 Å². The number of hydrogen-bond donors (Lipinski definition) is 3. The third-order valence-electron chi connectivity index (χ3n) is 6.71. The maximum absolute atomic E-state index is 12.3. The predicted octanol–water partition coefficient (Wildman–Crippen LogP) is 6.34. The molecule has 0 aliphatic heterocycles. The van der Waals surface area contributed by atoms with Gasteiger partial charge in [0.1, 0.15) is 23.7 Å². The van der Waals surface area contributed by atoms with E-state index in [2.05, 4.69) is 31.4 Å². The second-order valence-electron chi connectivity index (χ2n) is 9.66. The number of carboxylic acid groups (broad SMARTS) is 1. The number of unbranched alkanes of at least 4 members (excludes halogenated alkanes) is 2. The van der Waals surface area contributed by atoms with Crippen molar-refractivity contribution in [3.8, 4) is 5.75 Å². The van der Waals surface area contributed by atoms with E-state index in [0.717, 1.165) is 53.0 Å². The highest BCUT2D eigenvalue weighted by Crippen LogP contribution is 2.38. The van der Waals surface area contributed by atoms with Gasteiger partial charge in [-0.2, -0.15) is 0 Å². The topological polar surface area (TPSA) is 110 Å². The van der Waals surface area contributed by atoms with Gasteiger partial charge in [-0.1, -0.05) is 33.1 Å². The van der Waals surface area contributed by atoms with Crippen LogP contribution in [0.15, 0.2) is 46.9 Å². The fraction of sp³-hybridized carbons (Fsp3) is 0.467. The molecule has 0 saturated heterocycles. The summed E-state index contributed by atoms with van der Waals surface area (Å²) in [5, 5.41) is 16.1. The number of furan rings is 1. The molecule has 0 fully saturated rings. The van der Waals surface area contributed by atoms with Gasteiger partial charge in [-0.3, -0.25) is 9.59 Å². The molecule has 8 nitrogen and oxygen atoms in total. The van der Waals surface area contributed by atoms with E-state index in [0.29, 0.717) is 24.7 Å². The second kappa shape index (κ2) is 14.4. The Morgan fingerprint density at radius 2 is 1.84 bits per heavy atom. The molecule has 3 rings (SSSR count). The van der Waals surface area contributed by atoms with Gasteiger partial charge in [-0.15, -0.1) is 0 Å². The van der Waals surface area contributed by atoms with Crippen LogP contribution >= 0.6 is 0 Å². The van der Waals surface area contributed by atoms with Gasteiger partial charge < -0.3 is 29.6 Å². The van der Waals surface area contributed by atoms with Crippen LogP contribution in [0.2, 0.25) is 0 Å². The van der Waals surface area contributed by atoms with Crippen LogP contribution in [-0.4, -0.2) is 43.9 Å². The standard InChI is InChI=1S/C30H40N2O6/c1-5-6-7-8-20(2)28(32-23-11-9-22(10-12-23)30(35)31-16-15-27(33)34)29-21(3)25-19-24(37-18-17-36-4)13-14-26(25)38-29/h9-14,19-20,28,32H,5-8,15-18H2,1-4H3,(H,31,35)(H,33,34). The highest BCUT2D eigenvalue weighted by molar-refractivity contribution is 5.94. The van der Waals surface area contributed by atoms with Gasteiger partial charge in [0.2, 0.25) is 0 Å². The van der Waals surface area contributed by atoms with Crippen molar-refractivity contribution in [2.24, 2.45) is 5.92 Å². The number of benzene rings is 2. The van der Waals surface area contributed by atoms with Crippen molar-refractivity contribution in [2.45, 2.75) is 58.9 Å². The number of aliphatic carboxylic acids is 1. The van der Waals surface area contributed by atoms with Crippen LogP contribution < -0.4 is 15.4 Å². The molecule has 0 spiro atoms. The minimum atomic E-state index is -0.945. The van der Waals surface area contributed by atoms with Crippen molar-refractivity contribution in [1.82, 2.24) is 5.32 Å². The number of rotatable bonds is 16. The molecular formula is C30H40N2O6. The van der Waals surface area contributed by atoms with E-state index in [1.54, 1.807) is 19.2 Å². The normalized spacial score (nSPS) is 12.7. The average molecular weight is 525 g/mol. The molecule has 1 aromatic heterocycles. The van der Waals surface area contributed by atoms with Crippen molar-refractivity contribution < 1.29 is 28.6 Å². The number of ether oxygens (including phenoxy) is 2. The molecule has 2 unspecified atom stereocenters. The lowest BCUT2D eigenvalue weighted by Gasteiger charge is -2.25. The third-order valence-corrected chi connectivity index (χ3v) is 6.71. The number of fused-ring (bicyclic) bond motifs is 1. The van der Waals surface area contributed by atoms with Crippen LogP contribution in [0.1, 0.15) is 73.7 Å². The molecular weight excluding hydrogens is 484 g/mol. The number of carbonyl (C=O) groups is 2. The number of methoxy groups -OCH3 is 1. The smallest absolute Gasteiger partial charge is 0.305 e. The van der Waals surface area contributed by atoms with Gasteiger partial charge >= 0.3 is 5.97 Å². The lowest BCUT2D eigenvalue weighted by Crippen LogP contribution is -2.26. The number of carboxylic acids is 1. The number of amides is 1. The molecule has 1 amide bonds. The first-order valence-corrected chi connectivity index (χ1v) is 13.3. The van der Waals surface area contributed by atoms with Crippen LogP contribution in [0.3, 0.4) is 0 Å². The predicted molar refractivity (Wildman–Crippen MR) is 149 cm³/mol. The van der Waals surface area contributed by atoms with Crippen molar-refractivity contribution in [2.75, 3.05) is 32.2 Å². The second-order valence-corrected chi connectivity index (χ2v) is 9.66. The van der Waals surface area contributed by atoms with E-state index in [1.165, 1.54) is 6.42 Å². The molecule has 0 bridgehead atoms. The van der Waals surface area contributed by atoms with Crippen LogP contribution in [0.25, 0.3) is 11.0 Å². The summed E-state index contributed by atoms with van der Waals surface area (Å²) in [6.07, 6.45) is 4.43. The van der Waals surface area contributed by atoms with Crippen LogP contribution in [-0.2, 0) is 9.53 Å². The Morgan fingerprint density at radius 1 is 1.08 bits per heavy atom. The zero-order valence-corrected chi connectivity index (χ0v) is 22.8. The van der Waals surface area contributed by atoms with Gasteiger partial charge in [0, 0.05) is 35.9 Å². The molecule has 3 aromatic rings. The van der Waals surface area contributed by atoms with Gasteiger partial charge in [-0.25, -0.2) is 0 Å². The summed E-state index contributed by atoms with van der Waals surface area (Å²) in [6.45, 7) is 7.63. The summed E-state index contributed by atoms with van der Waals surface area (Å²) in [7, 11) is 1.65. The highest BCUT2D eigenvalue weighted by atomic mass is 16.5. The summed E-state index contributed by atoms with van der Waals surface area (Å²) in [5.41, 5.74) is 3.25. The van der Waals surface area contributed by atoms with Crippen molar-refractivity contribution >= 4 is 28.5 Å². The Balaban J connectivity index is 1.82. The molecule has 2 atom stereocenters. The van der Waals surface area contributed by atoms with E-state index in [-0.39, 0.29) is 24.9 Å². The van der Waals surface area contributed by atoms with Crippen molar-refractivity contribution in [1.29, 1.82) is 0 Å².